The molecule has 2 heterocycles. The third-order valence-corrected chi connectivity index (χ3v) is 2.83. The fraction of sp³-hybridized carbons (Fsp3) is 0.636. The van der Waals surface area contributed by atoms with Gasteiger partial charge in [0.05, 0.1) is 5.69 Å². The van der Waals surface area contributed by atoms with Crippen LogP contribution >= 0.6 is 0 Å². The standard InChI is InChI=1S/C11H17N3O/c1-3-14-11(8-9(2)12-14)13-6-4-10(15)5-7-13/h8H,3-7H2,1-2H3. The minimum absolute atomic E-state index is 0.380. The van der Waals surface area contributed by atoms with Crippen molar-refractivity contribution in [2.75, 3.05) is 18.0 Å². The first-order valence-corrected chi connectivity index (χ1v) is 5.52. The molecule has 0 radical (unpaired) electrons. The second kappa shape index (κ2) is 4.04. The summed E-state index contributed by atoms with van der Waals surface area (Å²) in [5.74, 6) is 1.54. The van der Waals surface area contributed by atoms with Crippen LogP contribution in [-0.4, -0.2) is 28.7 Å². The van der Waals surface area contributed by atoms with Gasteiger partial charge in [-0.2, -0.15) is 5.10 Å². The van der Waals surface area contributed by atoms with Crippen molar-refractivity contribution in [3.8, 4) is 0 Å². The highest BCUT2D eigenvalue weighted by atomic mass is 16.1. The van der Waals surface area contributed by atoms with Gasteiger partial charge in [0.25, 0.3) is 0 Å². The van der Waals surface area contributed by atoms with Crippen molar-refractivity contribution in [3.63, 3.8) is 0 Å². The summed E-state index contributed by atoms with van der Waals surface area (Å²) < 4.78 is 2.01. The molecule has 0 aliphatic carbocycles. The normalized spacial score (nSPS) is 17.2. The average Bonchev–Trinajstić information content (AvgIpc) is 2.61. The number of anilines is 1. The smallest absolute Gasteiger partial charge is 0.136 e. The number of ketones is 1. The number of carbonyl (C=O) groups excluding carboxylic acids is 1. The van der Waals surface area contributed by atoms with Gasteiger partial charge >= 0.3 is 0 Å². The first-order valence-electron chi connectivity index (χ1n) is 5.52. The van der Waals surface area contributed by atoms with Crippen LogP contribution in [0.2, 0.25) is 0 Å². The van der Waals surface area contributed by atoms with Gasteiger partial charge in [0, 0.05) is 38.5 Å². The maximum atomic E-state index is 11.2. The summed E-state index contributed by atoms with van der Waals surface area (Å²) in [7, 11) is 0. The Morgan fingerprint density at radius 3 is 2.67 bits per heavy atom. The Bertz CT molecular complexity index is 360. The number of Topliss-reactive ketones (excluding diaryl/α,β-unsaturated/α-hetero) is 1. The predicted molar refractivity (Wildman–Crippen MR) is 59.1 cm³/mol. The van der Waals surface area contributed by atoms with Crippen molar-refractivity contribution in [1.82, 2.24) is 9.78 Å². The summed E-state index contributed by atoms with van der Waals surface area (Å²) in [5, 5.41) is 4.41. The van der Waals surface area contributed by atoms with E-state index in [2.05, 4.69) is 23.0 Å². The molecule has 0 N–H and O–H groups in total. The van der Waals surface area contributed by atoms with E-state index in [0.29, 0.717) is 18.6 Å². The first-order chi connectivity index (χ1) is 7.20. The second-order valence-electron chi connectivity index (χ2n) is 3.99. The largest absolute Gasteiger partial charge is 0.356 e. The van der Waals surface area contributed by atoms with Crippen molar-refractivity contribution >= 4 is 11.6 Å². The number of rotatable bonds is 2. The summed E-state index contributed by atoms with van der Waals surface area (Å²) in [6.07, 6.45) is 1.35. The quantitative estimate of drug-likeness (QED) is 0.735. The molecule has 1 aromatic heterocycles. The van der Waals surface area contributed by atoms with E-state index in [1.54, 1.807) is 0 Å². The van der Waals surface area contributed by atoms with Crippen LogP contribution in [0.25, 0.3) is 0 Å². The molecular weight excluding hydrogens is 190 g/mol. The minimum atomic E-state index is 0.380. The molecule has 15 heavy (non-hydrogen) atoms. The molecule has 1 fully saturated rings. The van der Waals surface area contributed by atoms with Crippen LogP contribution in [0, 0.1) is 6.92 Å². The van der Waals surface area contributed by atoms with Crippen LogP contribution in [0.3, 0.4) is 0 Å². The van der Waals surface area contributed by atoms with Gasteiger partial charge in [0.15, 0.2) is 0 Å². The average molecular weight is 207 g/mol. The topological polar surface area (TPSA) is 38.1 Å². The van der Waals surface area contributed by atoms with E-state index in [1.807, 2.05) is 11.6 Å². The van der Waals surface area contributed by atoms with E-state index in [1.165, 1.54) is 0 Å². The fourth-order valence-corrected chi connectivity index (χ4v) is 2.00. The molecule has 1 aromatic rings. The molecule has 0 aromatic carbocycles. The number of nitrogens with zero attached hydrogens (tertiary/aromatic N) is 3. The van der Waals surface area contributed by atoms with Crippen LogP contribution in [0.4, 0.5) is 5.82 Å². The van der Waals surface area contributed by atoms with Crippen molar-refractivity contribution in [2.45, 2.75) is 33.2 Å². The monoisotopic (exact) mass is 207 g/mol. The third kappa shape index (κ3) is 2.03. The van der Waals surface area contributed by atoms with E-state index >= 15 is 0 Å². The van der Waals surface area contributed by atoms with Gasteiger partial charge in [-0.15, -0.1) is 0 Å². The van der Waals surface area contributed by atoms with Gasteiger partial charge in [-0.3, -0.25) is 4.79 Å². The molecule has 0 amide bonds. The van der Waals surface area contributed by atoms with Crippen molar-refractivity contribution < 1.29 is 4.79 Å². The van der Waals surface area contributed by atoms with Gasteiger partial charge < -0.3 is 4.90 Å². The van der Waals surface area contributed by atoms with Crippen molar-refractivity contribution in [1.29, 1.82) is 0 Å². The zero-order valence-electron chi connectivity index (χ0n) is 9.36. The Hall–Kier alpha value is -1.32. The lowest BCUT2D eigenvalue weighted by Gasteiger charge is -2.28. The van der Waals surface area contributed by atoms with Gasteiger partial charge in [0.1, 0.15) is 11.6 Å². The lowest BCUT2D eigenvalue weighted by molar-refractivity contribution is -0.119. The molecule has 4 nitrogen and oxygen atoms in total. The Kier molecular flexibility index (Phi) is 2.75. The maximum absolute atomic E-state index is 11.2. The van der Waals surface area contributed by atoms with E-state index in [4.69, 9.17) is 0 Å². The van der Waals surface area contributed by atoms with E-state index in [9.17, 15) is 4.79 Å². The van der Waals surface area contributed by atoms with Crippen LogP contribution in [0.1, 0.15) is 25.5 Å². The molecule has 1 aliphatic rings. The molecule has 82 valence electrons. The molecule has 0 saturated carbocycles. The molecule has 0 spiro atoms. The number of carbonyl (C=O) groups is 1. The van der Waals surface area contributed by atoms with Crippen LogP contribution < -0.4 is 4.90 Å². The van der Waals surface area contributed by atoms with Crippen LogP contribution in [-0.2, 0) is 11.3 Å². The number of hydrogen-bond donors (Lipinski definition) is 0. The lowest BCUT2D eigenvalue weighted by atomic mass is 10.1. The summed E-state index contributed by atoms with van der Waals surface area (Å²) >= 11 is 0. The van der Waals surface area contributed by atoms with Crippen molar-refractivity contribution in [3.05, 3.63) is 11.8 Å². The zero-order valence-corrected chi connectivity index (χ0v) is 9.36. The number of hydrogen-bond acceptors (Lipinski definition) is 3. The Morgan fingerprint density at radius 2 is 2.07 bits per heavy atom. The molecule has 0 atom stereocenters. The maximum Gasteiger partial charge on any atom is 0.136 e. The molecule has 1 aliphatic heterocycles. The van der Waals surface area contributed by atoms with Gasteiger partial charge in [-0.1, -0.05) is 0 Å². The Balaban J connectivity index is 2.17. The Morgan fingerprint density at radius 1 is 1.40 bits per heavy atom. The van der Waals surface area contributed by atoms with E-state index in [0.717, 1.165) is 31.1 Å². The summed E-state index contributed by atoms with van der Waals surface area (Å²) in [5.41, 5.74) is 1.05. The Labute approximate surface area is 89.9 Å². The van der Waals surface area contributed by atoms with Crippen LogP contribution in [0.15, 0.2) is 6.07 Å². The van der Waals surface area contributed by atoms with Gasteiger partial charge in [-0.25, -0.2) is 4.68 Å². The summed E-state index contributed by atoms with van der Waals surface area (Å²) in [4.78, 5) is 13.4. The summed E-state index contributed by atoms with van der Waals surface area (Å²) in [6, 6.07) is 2.10. The highest BCUT2D eigenvalue weighted by Gasteiger charge is 2.19. The highest BCUT2D eigenvalue weighted by Crippen LogP contribution is 2.19. The van der Waals surface area contributed by atoms with E-state index in [-0.39, 0.29) is 0 Å². The molecule has 2 rings (SSSR count). The lowest BCUT2D eigenvalue weighted by Crippen LogP contribution is -2.35. The van der Waals surface area contributed by atoms with E-state index < -0.39 is 0 Å². The molecule has 1 saturated heterocycles. The SMILES string of the molecule is CCn1nc(C)cc1N1CCC(=O)CC1. The van der Waals surface area contributed by atoms with Crippen molar-refractivity contribution in [2.24, 2.45) is 0 Å². The molecule has 4 heteroatoms. The van der Waals surface area contributed by atoms with Gasteiger partial charge in [-0.05, 0) is 13.8 Å². The zero-order chi connectivity index (χ0) is 10.8. The first kappa shape index (κ1) is 10.2. The molecular formula is C11H17N3O. The number of aromatic nitrogens is 2. The minimum Gasteiger partial charge on any atom is -0.356 e. The third-order valence-electron chi connectivity index (χ3n) is 2.83. The molecule has 0 unspecified atom stereocenters. The second-order valence-corrected chi connectivity index (χ2v) is 3.99. The number of piperidine rings is 1. The molecule has 0 bridgehead atoms. The summed E-state index contributed by atoms with van der Waals surface area (Å²) in [6.45, 7) is 6.65. The van der Waals surface area contributed by atoms with Crippen LogP contribution in [0.5, 0.6) is 0 Å². The fourth-order valence-electron chi connectivity index (χ4n) is 2.00. The highest BCUT2D eigenvalue weighted by molar-refractivity contribution is 5.80. The van der Waals surface area contributed by atoms with Gasteiger partial charge in [0.2, 0.25) is 0 Å². The number of aryl methyl sites for hydroxylation is 2. The predicted octanol–water partition coefficient (Wildman–Crippen LogP) is 1.38.